The molecule has 144 valence electrons. The number of nitrogens with one attached hydrogen (secondary N) is 3. The highest BCUT2D eigenvalue weighted by molar-refractivity contribution is 7.89. The third-order valence-corrected chi connectivity index (χ3v) is 6.60. The SMILES string of the molecule is CN1C(=N)N[C@](C)(c2cc(NCc3ccc(Cl)cn3)ccc2F)CS1(=O)=O. The van der Waals surface area contributed by atoms with Gasteiger partial charge in [-0.2, -0.15) is 0 Å². The fraction of sp³-hybridized carbons (Fsp3) is 0.294. The highest BCUT2D eigenvalue weighted by atomic mass is 35.5. The van der Waals surface area contributed by atoms with E-state index in [1.54, 1.807) is 31.2 Å². The van der Waals surface area contributed by atoms with E-state index in [9.17, 15) is 12.8 Å². The van der Waals surface area contributed by atoms with Gasteiger partial charge in [-0.1, -0.05) is 11.6 Å². The van der Waals surface area contributed by atoms with Crippen LogP contribution in [-0.2, 0) is 22.1 Å². The summed E-state index contributed by atoms with van der Waals surface area (Å²) in [6.45, 7) is 1.96. The molecule has 1 aliphatic rings. The smallest absolute Gasteiger partial charge is 0.239 e. The molecule has 1 saturated heterocycles. The van der Waals surface area contributed by atoms with Gasteiger partial charge in [0.2, 0.25) is 16.0 Å². The molecular weight excluding hydrogens is 393 g/mol. The molecule has 1 aliphatic heterocycles. The summed E-state index contributed by atoms with van der Waals surface area (Å²) in [6, 6.07) is 7.88. The maximum absolute atomic E-state index is 14.5. The van der Waals surface area contributed by atoms with Gasteiger partial charge in [0.25, 0.3) is 0 Å². The Morgan fingerprint density at radius 3 is 2.78 bits per heavy atom. The highest BCUT2D eigenvalue weighted by Gasteiger charge is 2.43. The molecule has 3 N–H and O–H groups in total. The molecule has 7 nitrogen and oxygen atoms in total. The molecule has 1 atom stereocenters. The Balaban J connectivity index is 1.86. The van der Waals surface area contributed by atoms with E-state index < -0.39 is 21.4 Å². The van der Waals surface area contributed by atoms with Crippen molar-refractivity contribution in [1.29, 1.82) is 5.41 Å². The van der Waals surface area contributed by atoms with Gasteiger partial charge in [-0.3, -0.25) is 10.4 Å². The first-order chi connectivity index (χ1) is 12.6. The quantitative estimate of drug-likeness (QED) is 0.718. The Bertz CT molecular complexity index is 983. The number of hydrogen-bond donors (Lipinski definition) is 3. The average molecular weight is 412 g/mol. The standard InChI is InChI=1S/C17H19ClFN5O2S/c1-17(10-27(25,26)24(2)16(20)23-17)14-7-12(5-6-15(14)19)22-9-13-4-3-11(18)8-21-13/h3-8,22H,9-10H2,1-2H3,(H2,20,23)/t17-/m0/s1. The van der Waals surface area contributed by atoms with Gasteiger partial charge in [0.15, 0.2) is 0 Å². The number of rotatable bonds is 4. The van der Waals surface area contributed by atoms with Crippen LogP contribution in [0.15, 0.2) is 36.5 Å². The van der Waals surface area contributed by atoms with E-state index in [0.29, 0.717) is 17.3 Å². The Morgan fingerprint density at radius 1 is 1.41 bits per heavy atom. The van der Waals surface area contributed by atoms with Crippen molar-refractivity contribution in [2.45, 2.75) is 19.0 Å². The van der Waals surface area contributed by atoms with E-state index in [4.69, 9.17) is 17.0 Å². The van der Waals surface area contributed by atoms with Crippen LogP contribution in [0.4, 0.5) is 10.1 Å². The van der Waals surface area contributed by atoms with Crippen molar-refractivity contribution < 1.29 is 12.8 Å². The summed E-state index contributed by atoms with van der Waals surface area (Å²) in [4.78, 5) is 4.18. The molecule has 3 rings (SSSR count). The first-order valence-corrected chi connectivity index (χ1v) is 10.1. The van der Waals surface area contributed by atoms with Crippen LogP contribution in [-0.4, -0.2) is 36.5 Å². The van der Waals surface area contributed by atoms with Crippen LogP contribution in [0.2, 0.25) is 5.02 Å². The monoisotopic (exact) mass is 411 g/mol. The van der Waals surface area contributed by atoms with E-state index in [0.717, 1.165) is 10.00 Å². The van der Waals surface area contributed by atoms with E-state index in [2.05, 4.69) is 15.6 Å². The Morgan fingerprint density at radius 2 is 2.15 bits per heavy atom. The third kappa shape index (κ3) is 3.98. The fourth-order valence-electron chi connectivity index (χ4n) is 2.88. The van der Waals surface area contributed by atoms with E-state index in [-0.39, 0.29) is 17.3 Å². The summed E-state index contributed by atoms with van der Waals surface area (Å²) in [5, 5.41) is 14.3. The van der Waals surface area contributed by atoms with Crippen molar-refractivity contribution in [3.05, 3.63) is 58.6 Å². The summed E-state index contributed by atoms with van der Waals surface area (Å²) >= 11 is 5.81. The van der Waals surface area contributed by atoms with E-state index in [1.165, 1.54) is 19.3 Å². The lowest BCUT2D eigenvalue weighted by molar-refractivity contribution is 0.403. The zero-order chi connectivity index (χ0) is 19.8. The van der Waals surface area contributed by atoms with Crippen molar-refractivity contribution in [1.82, 2.24) is 14.6 Å². The average Bonchev–Trinajstić information content (AvgIpc) is 2.60. The predicted octanol–water partition coefficient (Wildman–Crippen LogP) is 2.50. The Kier molecular flexibility index (Phi) is 5.00. The van der Waals surface area contributed by atoms with Crippen molar-refractivity contribution >= 4 is 33.3 Å². The second kappa shape index (κ2) is 6.97. The maximum Gasteiger partial charge on any atom is 0.239 e. The number of aromatic nitrogens is 1. The van der Waals surface area contributed by atoms with Gasteiger partial charge in [0.1, 0.15) is 5.82 Å². The molecular formula is C17H19ClFN5O2S. The summed E-state index contributed by atoms with van der Waals surface area (Å²) in [5.74, 6) is -1.21. The minimum atomic E-state index is -3.72. The molecule has 10 heteroatoms. The summed E-state index contributed by atoms with van der Waals surface area (Å²) in [5.41, 5.74) is 0.258. The highest BCUT2D eigenvalue weighted by Crippen LogP contribution is 2.31. The number of pyridine rings is 1. The van der Waals surface area contributed by atoms with Crippen molar-refractivity contribution in [3.8, 4) is 0 Å². The van der Waals surface area contributed by atoms with Gasteiger partial charge in [0, 0.05) is 24.5 Å². The van der Waals surface area contributed by atoms with Crippen LogP contribution in [0, 0.1) is 11.2 Å². The topological polar surface area (TPSA) is 98.2 Å². The largest absolute Gasteiger partial charge is 0.379 e. The number of halogens is 2. The molecule has 0 saturated carbocycles. The molecule has 27 heavy (non-hydrogen) atoms. The van der Waals surface area contributed by atoms with E-state index >= 15 is 0 Å². The lowest BCUT2D eigenvalue weighted by Gasteiger charge is -2.40. The lowest BCUT2D eigenvalue weighted by Crippen LogP contribution is -2.61. The molecule has 0 radical (unpaired) electrons. The Labute approximate surface area is 162 Å². The summed E-state index contributed by atoms with van der Waals surface area (Å²) in [7, 11) is -2.43. The van der Waals surface area contributed by atoms with Gasteiger partial charge in [0.05, 0.1) is 28.6 Å². The zero-order valence-corrected chi connectivity index (χ0v) is 16.3. The van der Waals surface area contributed by atoms with E-state index in [1.807, 2.05) is 0 Å². The molecule has 0 aliphatic carbocycles. The van der Waals surface area contributed by atoms with Crippen LogP contribution in [0.3, 0.4) is 0 Å². The predicted molar refractivity (Wildman–Crippen MR) is 103 cm³/mol. The minimum absolute atomic E-state index is 0.165. The number of anilines is 1. The summed E-state index contributed by atoms with van der Waals surface area (Å²) in [6.07, 6.45) is 1.54. The molecule has 0 unspecified atom stereocenters. The second-order valence-corrected chi connectivity index (χ2v) is 8.98. The van der Waals surface area contributed by atoms with Crippen molar-refractivity contribution in [3.63, 3.8) is 0 Å². The first-order valence-electron chi connectivity index (χ1n) is 8.08. The number of sulfonamides is 1. The van der Waals surface area contributed by atoms with Gasteiger partial charge >= 0.3 is 0 Å². The maximum atomic E-state index is 14.5. The van der Waals surface area contributed by atoms with Crippen LogP contribution >= 0.6 is 11.6 Å². The number of guanidine groups is 1. The molecule has 0 spiro atoms. The van der Waals surface area contributed by atoms with Crippen LogP contribution in [0.5, 0.6) is 0 Å². The van der Waals surface area contributed by atoms with Crippen LogP contribution in [0.1, 0.15) is 18.2 Å². The van der Waals surface area contributed by atoms with Gasteiger partial charge in [-0.25, -0.2) is 17.1 Å². The number of hydrogen-bond acceptors (Lipinski definition) is 5. The molecule has 2 aromatic rings. The third-order valence-electron chi connectivity index (χ3n) is 4.42. The number of benzene rings is 1. The van der Waals surface area contributed by atoms with Gasteiger partial charge in [-0.05, 0) is 37.3 Å². The lowest BCUT2D eigenvalue weighted by atomic mass is 9.93. The van der Waals surface area contributed by atoms with Crippen molar-refractivity contribution in [2.24, 2.45) is 0 Å². The molecule has 0 amide bonds. The molecule has 1 aromatic carbocycles. The molecule has 1 fully saturated rings. The molecule has 0 bridgehead atoms. The normalized spacial score (nSPS) is 21.6. The fourth-order valence-corrected chi connectivity index (χ4v) is 4.47. The zero-order valence-electron chi connectivity index (χ0n) is 14.8. The minimum Gasteiger partial charge on any atom is -0.379 e. The van der Waals surface area contributed by atoms with Crippen LogP contribution < -0.4 is 10.6 Å². The Hall–Kier alpha value is -2.39. The van der Waals surface area contributed by atoms with Gasteiger partial charge in [-0.15, -0.1) is 0 Å². The molecule has 1 aromatic heterocycles. The van der Waals surface area contributed by atoms with Crippen molar-refractivity contribution in [2.75, 3.05) is 18.1 Å². The number of nitrogens with zero attached hydrogens (tertiary/aromatic N) is 2. The van der Waals surface area contributed by atoms with Crippen LogP contribution in [0.25, 0.3) is 0 Å². The molecule has 2 heterocycles. The second-order valence-electron chi connectivity index (χ2n) is 6.55. The first kappa shape index (κ1) is 19.4. The van der Waals surface area contributed by atoms with Gasteiger partial charge < -0.3 is 10.6 Å². The summed E-state index contributed by atoms with van der Waals surface area (Å²) < 4.78 is 40.0.